The van der Waals surface area contributed by atoms with Crippen LogP contribution in [0.1, 0.15) is 18.4 Å². The lowest BCUT2D eigenvalue weighted by Gasteiger charge is -2.06. The Labute approximate surface area is 96.7 Å². The van der Waals surface area contributed by atoms with Crippen molar-refractivity contribution in [2.75, 3.05) is 0 Å². The fourth-order valence-corrected chi connectivity index (χ4v) is 2.09. The molecule has 0 aliphatic rings. The molecule has 1 atom stereocenters. The fourth-order valence-electron chi connectivity index (χ4n) is 1.49. The quantitative estimate of drug-likeness (QED) is 0.786. The van der Waals surface area contributed by atoms with E-state index in [1.54, 1.807) is 6.20 Å². The van der Waals surface area contributed by atoms with Crippen molar-refractivity contribution in [3.05, 3.63) is 40.5 Å². The van der Waals surface area contributed by atoms with Gasteiger partial charge in [-0.2, -0.15) is 5.26 Å². The first-order valence-corrected chi connectivity index (χ1v) is 5.45. The van der Waals surface area contributed by atoms with Crippen LogP contribution < -0.4 is 0 Å². The summed E-state index contributed by atoms with van der Waals surface area (Å²) in [5.74, 6) is -0.0918. The van der Waals surface area contributed by atoms with Crippen LogP contribution in [0.2, 0.25) is 0 Å². The second kappa shape index (κ2) is 4.00. The number of halogens is 1. The normalized spacial score (nSPS) is 12.3. The van der Waals surface area contributed by atoms with Crippen LogP contribution in [-0.2, 0) is 0 Å². The van der Waals surface area contributed by atoms with Crippen molar-refractivity contribution in [1.82, 2.24) is 4.98 Å². The summed E-state index contributed by atoms with van der Waals surface area (Å²) in [6, 6.07) is 10.1. The van der Waals surface area contributed by atoms with Gasteiger partial charge < -0.3 is 0 Å². The Hall–Kier alpha value is -1.40. The lowest BCUT2D eigenvalue weighted by molar-refractivity contribution is 0.983. The van der Waals surface area contributed by atoms with Gasteiger partial charge in [-0.3, -0.25) is 4.98 Å². The Morgan fingerprint density at radius 1 is 1.47 bits per heavy atom. The molecule has 0 spiro atoms. The molecule has 3 heteroatoms. The average Bonchev–Trinajstić information content (AvgIpc) is 2.28. The molecule has 1 aromatic carbocycles. The maximum Gasteiger partial charge on any atom is 0.0844 e. The van der Waals surface area contributed by atoms with Crippen LogP contribution in [0.4, 0.5) is 0 Å². The lowest BCUT2D eigenvalue weighted by atomic mass is 10.0. The summed E-state index contributed by atoms with van der Waals surface area (Å²) in [7, 11) is 0. The van der Waals surface area contributed by atoms with Gasteiger partial charge in [0.05, 0.1) is 17.5 Å². The van der Waals surface area contributed by atoms with Gasteiger partial charge in [-0.15, -0.1) is 0 Å². The second-order valence-electron chi connectivity index (χ2n) is 3.43. The van der Waals surface area contributed by atoms with Crippen molar-refractivity contribution >= 4 is 26.8 Å². The van der Waals surface area contributed by atoms with Crippen LogP contribution in [0.3, 0.4) is 0 Å². The number of hydrogen-bond donors (Lipinski definition) is 0. The Kier molecular flexibility index (Phi) is 2.70. The molecule has 2 nitrogen and oxygen atoms in total. The van der Waals surface area contributed by atoms with Gasteiger partial charge in [-0.05, 0) is 46.6 Å². The van der Waals surface area contributed by atoms with E-state index in [1.165, 1.54) is 0 Å². The Balaban J connectivity index is 2.68. The van der Waals surface area contributed by atoms with Gasteiger partial charge in [-0.1, -0.05) is 6.07 Å². The van der Waals surface area contributed by atoms with Crippen molar-refractivity contribution in [2.24, 2.45) is 0 Å². The summed E-state index contributed by atoms with van der Waals surface area (Å²) in [5, 5.41) is 9.93. The molecule has 0 bridgehead atoms. The maximum absolute atomic E-state index is 8.87. The molecule has 1 heterocycles. The molecule has 0 saturated heterocycles. The first kappa shape index (κ1) is 10.1. The summed E-state index contributed by atoms with van der Waals surface area (Å²) in [6.07, 6.45) is 1.76. The molecule has 1 unspecified atom stereocenters. The zero-order valence-corrected chi connectivity index (χ0v) is 9.82. The predicted octanol–water partition coefficient (Wildman–Crippen LogP) is 3.62. The number of benzene rings is 1. The topological polar surface area (TPSA) is 36.7 Å². The van der Waals surface area contributed by atoms with E-state index in [-0.39, 0.29) is 5.92 Å². The van der Waals surface area contributed by atoms with Gasteiger partial charge in [0.15, 0.2) is 0 Å². The van der Waals surface area contributed by atoms with Gasteiger partial charge in [0.1, 0.15) is 0 Å². The van der Waals surface area contributed by atoms with Crippen molar-refractivity contribution in [2.45, 2.75) is 12.8 Å². The average molecular weight is 261 g/mol. The van der Waals surface area contributed by atoms with Crippen molar-refractivity contribution in [3.8, 4) is 6.07 Å². The third kappa shape index (κ3) is 1.86. The number of nitrogens with zero attached hydrogens (tertiary/aromatic N) is 2. The minimum absolute atomic E-state index is 0.0918. The number of pyridine rings is 1. The summed E-state index contributed by atoms with van der Waals surface area (Å²) >= 11 is 3.47. The molecule has 0 radical (unpaired) electrons. The van der Waals surface area contributed by atoms with Gasteiger partial charge in [0.25, 0.3) is 0 Å². The minimum Gasteiger partial charge on any atom is -0.255 e. The first-order valence-electron chi connectivity index (χ1n) is 4.66. The van der Waals surface area contributed by atoms with E-state index < -0.39 is 0 Å². The van der Waals surface area contributed by atoms with Crippen LogP contribution in [-0.4, -0.2) is 4.98 Å². The van der Waals surface area contributed by atoms with Gasteiger partial charge in [0.2, 0.25) is 0 Å². The fraction of sp³-hybridized carbons (Fsp3) is 0.167. The largest absolute Gasteiger partial charge is 0.255 e. The Morgan fingerprint density at radius 2 is 2.27 bits per heavy atom. The van der Waals surface area contributed by atoms with Gasteiger partial charge in [0, 0.05) is 16.1 Å². The zero-order valence-electron chi connectivity index (χ0n) is 8.24. The molecule has 74 valence electrons. The van der Waals surface area contributed by atoms with Crippen LogP contribution in [0.25, 0.3) is 10.9 Å². The highest BCUT2D eigenvalue weighted by atomic mass is 79.9. The van der Waals surface area contributed by atoms with Gasteiger partial charge in [-0.25, -0.2) is 0 Å². The standard InChI is InChI=1S/C12H9BrN2/c1-8(7-14)10-5-9-3-2-4-15-12(9)11(13)6-10/h2-6,8H,1H3. The molecule has 0 amide bonds. The molecule has 2 rings (SSSR count). The summed E-state index contributed by atoms with van der Waals surface area (Å²) in [6.45, 7) is 1.89. The number of hydrogen-bond acceptors (Lipinski definition) is 2. The third-order valence-corrected chi connectivity index (χ3v) is 2.98. The van der Waals surface area contributed by atoms with Crippen molar-refractivity contribution in [3.63, 3.8) is 0 Å². The summed E-state index contributed by atoms with van der Waals surface area (Å²) in [5.41, 5.74) is 1.95. The second-order valence-corrected chi connectivity index (χ2v) is 4.28. The number of aromatic nitrogens is 1. The molecule has 0 fully saturated rings. The third-order valence-electron chi connectivity index (χ3n) is 2.37. The molecule has 1 aromatic heterocycles. The molecule has 0 aliphatic heterocycles. The first-order chi connectivity index (χ1) is 7.22. The number of fused-ring (bicyclic) bond motifs is 1. The Bertz CT molecular complexity index is 543. The van der Waals surface area contributed by atoms with E-state index in [1.807, 2.05) is 31.2 Å². The Morgan fingerprint density at radius 3 is 3.00 bits per heavy atom. The molecule has 2 aromatic rings. The lowest BCUT2D eigenvalue weighted by Crippen LogP contribution is -1.91. The minimum atomic E-state index is -0.0918. The molecular formula is C12H9BrN2. The SMILES string of the molecule is CC(C#N)c1cc(Br)c2ncccc2c1. The van der Waals surface area contributed by atoms with E-state index in [0.717, 1.165) is 20.9 Å². The molecular weight excluding hydrogens is 252 g/mol. The molecule has 15 heavy (non-hydrogen) atoms. The maximum atomic E-state index is 8.87. The van der Waals surface area contributed by atoms with E-state index in [9.17, 15) is 0 Å². The van der Waals surface area contributed by atoms with E-state index in [4.69, 9.17) is 5.26 Å². The zero-order chi connectivity index (χ0) is 10.8. The monoisotopic (exact) mass is 260 g/mol. The highest BCUT2D eigenvalue weighted by Crippen LogP contribution is 2.27. The van der Waals surface area contributed by atoms with Crippen molar-refractivity contribution < 1.29 is 0 Å². The van der Waals surface area contributed by atoms with Crippen LogP contribution >= 0.6 is 15.9 Å². The van der Waals surface area contributed by atoms with Gasteiger partial charge >= 0.3 is 0 Å². The van der Waals surface area contributed by atoms with E-state index in [0.29, 0.717) is 0 Å². The van der Waals surface area contributed by atoms with Crippen LogP contribution in [0.15, 0.2) is 34.9 Å². The van der Waals surface area contributed by atoms with E-state index in [2.05, 4.69) is 27.0 Å². The highest BCUT2D eigenvalue weighted by molar-refractivity contribution is 9.10. The van der Waals surface area contributed by atoms with Crippen LogP contribution in [0, 0.1) is 11.3 Å². The smallest absolute Gasteiger partial charge is 0.0844 e. The molecule has 0 aliphatic carbocycles. The molecule has 0 N–H and O–H groups in total. The van der Waals surface area contributed by atoms with Crippen molar-refractivity contribution in [1.29, 1.82) is 5.26 Å². The highest BCUT2D eigenvalue weighted by Gasteiger charge is 2.07. The van der Waals surface area contributed by atoms with Crippen LogP contribution in [0.5, 0.6) is 0 Å². The number of nitriles is 1. The number of rotatable bonds is 1. The summed E-state index contributed by atoms with van der Waals surface area (Å²) in [4.78, 5) is 4.28. The predicted molar refractivity (Wildman–Crippen MR) is 63.5 cm³/mol. The van der Waals surface area contributed by atoms with E-state index >= 15 is 0 Å². The molecule has 0 saturated carbocycles. The summed E-state index contributed by atoms with van der Waals surface area (Å²) < 4.78 is 0.942.